The van der Waals surface area contributed by atoms with Crippen molar-refractivity contribution in [1.29, 1.82) is 0 Å². The van der Waals surface area contributed by atoms with Crippen LogP contribution in [-0.2, 0) is 0 Å². The number of imidazole rings is 1. The second-order valence-electron chi connectivity index (χ2n) is 4.71. The molecule has 0 saturated heterocycles. The zero-order valence-corrected chi connectivity index (χ0v) is 14.0. The fraction of sp³-hybridized carbons (Fsp3) is 0. The minimum atomic E-state index is -0.599. The number of rotatable bonds is 3. The fourth-order valence-corrected chi connectivity index (χ4v) is 2.68. The van der Waals surface area contributed by atoms with Gasteiger partial charge in [0.1, 0.15) is 5.82 Å². The number of hydrogen-bond acceptors (Lipinski definition) is 2. The van der Waals surface area contributed by atoms with Crippen LogP contribution < -0.4 is 5.32 Å². The molecule has 0 saturated carbocycles. The monoisotopic (exact) mass is 393 g/mol. The van der Waals surface area contributed by atoms with E-state index in [1.807, 2.05) is 0 Å². The van der Waals surface area contributed by atoms with Gasteiger partial charge in [-0.05, 0) is 36.4 Å². The second-order valence-corrected chi connectivity index (χ2v) is 6.04. The van der Waals surface area contributed by atoms with Crippen molar-refractivity contribution in [3.8, 4) is 5.69 Å². The molecule has 0 bridgehead atoms. The summed E-state index contributed by atoms with van der Waals surface area (Å²) in [7, 11) is 0. The molecule has 0 aliphatic rings. The number of halogens is 3. The zero-order chi connectivity index (χ0) is 16.4. The van der Waals surface area contributed by atoms with Crippen LogP contribution in [0.4, 0.5) is 10.1 Å². The van der Waals surface area contributed by atoms with Gasteiger partial charge in [0.25, 0.3) is 5.91 Å². The predicted octanol–water partition coefficient (Wildman–Crippen LogP) is 4.68. The Kier molecular flexibility index (Phi) is 4.45. The lowest BCUT2D eigenvalue weighted by Gasteiger charge is -2.10. The standard InChI is InChI=1S/C16H10BrClFN3O/c17-10-1-3-12(14(19)7-10)16(23)21-11-2-4-15(13(18)8-11)22-6-5-20-9-22/h1-9H,(H,21,23). The molecule has 116 valence electrons. The number of anilines is 1. The normalized spacial score (nSPS) is 10.6. The first kappa shape index (κ1) is 15.7. The van der Waals surface area contributed by atoms with Gasteiger partial charge in [-0.15, -0.1) is 0 Å². The largest absolute Gasteiger partial charge is 0.322 e. The van der Waals surface area contributed by atoms with Crippen molar-refractivity contribution in [3.05, 3.63) is 76.0 Å². The summed E-state index contributed by atoms with van der Waals surface area (Å²) in [5, 5.41) is 3.07. The van der Waals surface area contributed by atoms with Gasteiger partial charge in [0.2, 0.25) is 0 Å². The summed E-state index contributed by atoms with van der Waals surface area (Å²) in [5.41, 5.74) is 1.17. The SMILES string of the molecule is O=C(Nc1ccc(-n2ccnc2)c(Cl)c1)c1ccc(Br)cc1F. The number of amides is 1. The average Bonchev–Trinajstić information content (AvgIpc) is 3.01. The maximum Gasteiger partial charge on any atom is 0.258 e. The number of carbonyl (C=O) groups excluding carboxylic acids is 1. The molecule has 0 unspecified atom stereocenters. The van der Waals surface area contributed by atoms with Crippen LogP contribution >= 0.6 is 27.5 Å². The number of hydrogen-bond donors (Lipinski definition) is 1. The summed E-state index contributed by atoms with van der Waals surface area (Å²) in [6.45, 7) is 0. The van der Waals surface area contributed by atoms with Crippen LogP contribution in [0.3, 0.4) is 0 Å². The first-order chi connectivity index (χ1) is 11.0. The molecular weight excluding hydrogens is 385 g/mol. The van der Waals surface area contributed by atoms with Crippen LogP contribution in [0.1, 0.15) is 10.4 Å². The van der Waals surface area contributed by atoms with Gasteiger partial charge < -0.3 is 9.88 Å². The molecule has 0 atom stereocenters. The molecule has 1 heterocycles. The molecule has 0 spiro atoms. The number of aromatic nitrogens is 2. The summed E-state index contributed by atoms with van der Waals surface area (Å²) in [6.07, 6.45) is 5.02. The van der Waals surface area contributed by atoms with Gasteiger partial charge in [0.15, 0.2) is 0 Å². The van der Waals surface area contributed by atoms with Crippen molar-refractivity contribution in [2.24, 2.45) is 0 Å². The number of carbonyl (C=O) groups is 1. The molecule has 23 heavy (non-hydrogen) atoms. The highest BCUT2D eigenvalue weighted by atomic mass is 79.9. The fourth-order valence-electron chi connectivity index (χ4n) is 2.07. The van der Waals surface area contributed by atoms with E-state index < -0.39 is 11.7 Å². The lowest BCUT2D eigenvalue weighted by atomic mass is 10.2. The average molecular weight is 395 g/mol. The smallest absolute Gasteiger partial charge is 0.258 e. The maximum atomic E-state index is 13.8. The van der Waals surface area contributed by atoms with Crippen molar-refractivity contribution in [2.75, 3.05) is 5.32 Å². The van der Waals surface area contributed by atoms with Crippen molar-refractivity contribution < 1.29 is 9.18 Å². The molecule has 0 radical (unpaired) electrons. The van der Waals surface area contributed by atoms with E-state index in [4.69, 9.17) is 11.6 Å². The molecule has 1 aromatic heterocycles. The van der Waals surface area contributed by atoms with Crippen LogP contribution in [0, 0.1) is 5.82 Å². The minimum Gasteiger partial charge on any atom is -0.322 e. The summed E-state index contributed by atoms with van der Waals surface area (Å²) in [4.78, 5) is 16.1. The molecule has 2 aromatic carbocycles. The highest BCUT2D eigenvalue weighted by Gasteiger charge is 2.13. The van der Waals surface area contributed by atoms with Crippen LogP contribution in [0.5, 0.6) is 0 Å². The quantitative estimate of drug-likeness (QED) is 0.701. The number of nitrogens with one attached hydrogen (secondary N) is 1. The van der Waals surface area contributed by atoms with Crippen molar-refractivity contribution >= 4 is 39.1 Å². The Morgan fingerprint density at radius 1 is 1.26 bits per heavy atom. The maximum absolute atomic E-state index is 13.8. The Labute approximate surface area is 145 Å². The van der Waals surface area contributed by atoms with Gasteiger partial charge in [-0.25, -0.2) is 9.37 Å². The van der Waals surface area contributed by atoms with Gasteiger partial charge in [0.05, 0.1) is 22.6 Å². The van der Waals surface area contributed by atoms with E-state index in [0.717, 1.165) is 5.69 Å². The van der Waals surface area contributed by atoms with Crippen molar-refractivity contribution in [3.63, 3.8) is 0 Å². The van der Waals surface area contributed by atoms with Crippen molar-refractivity contribution in [1.82, 2.24) is 9.55 Å². The molecule has 3 rings (SSSR count). The molecular formula is C16H10BrClFN3O. The van der Waals surface area contributed by atoms with E-state index in [2.05, 4.69) is 26.2 Å². The topological polar surface area (TPSA) is 46.9 Å². The van der Waals surface area contributed by atoms with Crippen LogP contribution in [0.2, 0.25) is 5.02 Å². The van der Waals surface area contributed by atoms with Gasteiger partial charge in [-0.2, -0.15) is 0 Å². The minimum absolute atomic E-state index is 0.0389. The van der Waals surface area contributed by atoms with E-state index in [1.165, 1.54) is 12.1 Å². The third-order valence-electron chi connectivity index (χ3n) is 3.16. The Hall–Kier alpha value is -2.18. The highest BCUT2D eigenvalue weighted by molar-refractivity contribution is 9.10. The summed E-state index contributed by atoms with van der Waals surface area (Å²) >= 11 is 9.37. The van der Waals surface area contributed by atoms with Gasteiger partial charge >= 0.3 is 0 Å². The Morgan fingerprint density at radius 3 is 2.74 bits per heavy atom. The molecule has 0 fully saturated rings. The third kappa shape index (κ3) is 3.43. The zero-order valence-electron chi connectivity index (χ0n) is 11.6. The first-order valence-corrected chi connectivity index (χ1v) is 7.76. The second kappa shape index (κ2) is 6.52. The molecule has 1 amide bonds. The first-order valence-electron chi connectivity index (χ1n) is 6.59. The molecule has 0 aliphatic carbocycles. The summed E-state index contributed by atoms with van der Waals surface area (Å²) in [6, 6.07) is 9.30. The van der Waals surface area contributed by atoms with Crippen LogP contribution in [-0.4, -0.2) is 15.5 Å². The molecule has 1 N–H and O–H groups in total. The van der Waals surface area contributed by atoms with E-state index >= 15 is 0 Å². The van der Waals surface area contributed by atoms with Crippen LogP contribution in [0.15, 0.2) is 59.6 Å². The predicted molar refractivity (Wildman–Crippen MR) is 90.6 cm³/mol. The van der Waals surface area contributed by atoms with Gasteiger partial charge in [0, 0.05) is 22.6 Å². The molecule has 0 aliphatic heterocycles. The number of benzene rings is 2. The van der Waals surface area contributed by atoms with E-state index in [-0.39, 0.29) is 5.56 Å². The lowest BCUT2D eigenvalue weighted by molar-refractivity contribution is 0.102. The van der Waals surface area contributed by atoms with E-state index in [1.54, 1.807) is 47.6 Å². The summed E-state index contributed by atoms with van der Waals surface area (Å²) < 4.78 is 16.1. The van der Waals surface area contributed by atoms with E-state index in [9.17, 15) is 9.18 Å². The Bertz CT molecular complexity index is 868. The molecule has 7 heteroatoms. The highest BCUT2D eigenvalue weighted by Crippen LogP contribution is 2.25. The van der Waals surface area contributed by atoms with Crippen molar-refractivity contribution in [2.45, 2.75) is 0 Å². The Morgan fingerprint density at radius 2 is 2.09 bits per heavy atom. The number of nitrogens with zero attached hydrogens (tertiary/aromatic N) is 2. The molecule has 4 nitrogen and oxygen atoms in total. The molecule has 3 aromatic rings. The van der Waals surface area contributed by atoms with Gasteiger partial charge in [-0.1, -0.05) is 27.5 Å². The summed E-state index contributed by atoms with van der Waals surface area (Å²) in [5.74, 6) is -1.14. The van der Waals surface area contributed by atoms with Crippen LogP contribution in [0.25, 0.3) is 5.69 Å². The van der Waals surface area contributed by atoms with E-state index in [0.29, 0.717) is 15.2 Å². The lowest BCUT2D eigenvalue weighted by Crippen LogP contribution is -2.13. The van der Waals surface area contributed by atoms with Gasteiger partial charge in [-0.3, -0.25) is 4.79 Å². The Balaban J connectivity index is 1.83. The third-order valence-corrected chi connectivity index (χ3v) is 3.96.